The monoisotopic (exact) mass is 223 g/mol. The molecular formula is C9H13N5O2. The number of nitro groups is 1. The molecule has 0 aromatic carbocycles. The molecule has 2 aromatic rings. The highest BCUT2D eigenvalue weighted by molar-refractivity contribution is 5.13. The summed E-state index contributed by atoms with van der Waals surface area (Å²) in [4.78, 5) is 17.1. The lowest BCUT2D eigenvalue weighted by Gasteiger charge is -1.89. The summed E-state index contributed by atoms with van der Waals surface area (Å²) in [5.74, 6) is 0.00926. The first-order valence-electron chi connectivity index (χ1n) is 4.56. The highest BCUT2D eigenvalue weighted by atomic mass is 16.6. The van der Waals surface area contributed by atoms with Crippen LogP contribution in [0.5, 0.6) is 0 Å². The van der Waals surface area contributed by atoms with E-state index in [0.717, 1.165) is 5.69 Å². The second-order valence-electron chi connectivity index (χ2n) is 3.30. The molecule has 0 atom stereocenters. The largest absolute Gasteiger partial charge is 0.358 e. The SMILES string of the molecule is Cc1cn(C)cn1.Cn1cncc1[N+](=O)[O-]. The summed E-state index contributed by atoms with van der Waals surface area (Å²) < 4.78 is 3.27. The Morgan fingerprint density at radius 3 is 2.25 bits per heavy atom. The third-order valence-electron chi connectivity index (χ3n) is 1.81. The van der Waals surface area contributed by atoms with Gasteiger partial charge in [0, 0.05) is 13.2 Å². The van der Waals surface area contributed by atoms with E-state index in [1.54, 1.807) is 13.4 Å². The Labute approximate surface area is 92.5 Å². The van der Waals surface area contributed by atoms with E-state index < -0.39 is 4.92 Å². The molecule has 0 aliphatic rings. The van der Waals surface area contributed by atoms with E-state index in [4.69, 9.17) is 0 Å². The molecule has 0 N–H and O–H groups in total. The molecule has 0 bridgehead atoms. The van der Waals surface area contributed by atoms with E-state index in [1.807, 2.05) is 24.7 Å². The van der Waals surface area contributed by atoms with E-state index >= 15 is 0 Å². The van der Waals surface area contributed by atoms with Crippen molar-refractivity contribution in [1.82, 2.24) is 19.1 Å². The number of hydrogen-bond donors (Lipinski definition) is 0. The normalized spacial score (nSPS) is 9.44. The molecule has 0 unspecified atom stereocenters. The highest BCUT2D eigenvalue weighted by Gasteiger charge is 2.06. The fourth-order valence-electron chi connectivity index (χ4n) is 1.07. The number of aromatic nitrogens is 4. The molecule has 0 amide bonds. The van der Waals surface area contributed by atoms with Gasteiger partial charge in [-0.05, 0) is 11.8 Å². The van der Waals surface area contributed by atoms with Gasteiger partial charge in [-0.2, -0.15) is 0 Å². The van der Waals surface area contributed by atoms with Crippen molar-refractivity contribution in [1.29, 1.82) is 0 Å². The number of rotatable bonds is 1. The Morgan fingerprint density at radius 2 is 2.06 bits per heavy atom. The molecule has 0 saturated heterocycles. The van der Waals surface area contributed by atoms with E-state index in [0.29, 0.717) is 0 Å². The first-order chi connectivity index (χ1) is 7.50. The van der Waals surface area contributed by atoms with Gasteiger partial charge in [0.2, 0.25) is 0 Å². The summed E-state index contributed by atoms with van der Waals surface area (Å²) in [5, 5.41) is 10.0. The van der Waals surface area contributed by atoms with Gasteiger partial charge in [0.25, 0.3) is 0 Å². The van der Waals surface area contributed by atoms with Crippen LogP contribution < -0.4 is 0 Å². The number of aryl methyl sites for hydroxylation is 3. The molecule has 2 rings (SSSR count). The van der Waals surface area contributed by atoms with Crippen LogP contribution in [-0.2, 0) is 14.1 Å². The van der Waals surface area contributed by atoms with Crippen LogP contribution in [0.2, 0.25) is 0 Å². The lowest BCUT2D eigenvalue weighted by molar-refractivity contribution is -0.391. The van der Waals surface area contributed by atoms with Crippen LogP contribution in [0.15, 0.2) is 25.0 Å². The van der Waals surface area contributed by atoms with Crippen LogP contribution in [0.3, 0.4) is 0 Å². The minimum absolute atomic E-state index is 0.00926. The van der Waals surface area contributed by atoms with Crippen LogP contribution in [0, 0.1) is 17.0 Å². The maximum atomic E-state index is 10.0. The molecule has 7 heteroatoms. The summed E-state index contributed by atoms with van der Waals surface area (Å²) in [6, 6.07) is 0. The van der Waals surface area contributed by atoms with Crippen LogP contribution in [0.4, 0.5) is 5.82 Å². The fourth-order valence-corrected chi connectivity index (χ4v) is 1.07. The van der Waals surface area contributed by atoms with Crippen molar-refractivity contribution in [2.45, 2.75) is 6.92 Å². The summed E-state index contributed by atoms with van der Waals surface area (Å²) in [6.45, 7) is 1.97. The van der Waals surface area contributed by atoms with Gasteiger partial charge in [-0.3, -0.25) is 0 Å². The van der Waals surface area contributed by atoms with Crippen LogP contribution in [0.25, 0.3) is 0 Å². The zero-order chi connectivity index (χ0) is 12.1. The van der Waals surface area contributed by atoms with Crippen LogP contribution >= 0.6 is 0 Å². The molecule has 0 fully saturated rings. The predicted octanol–water partition coefficient (Wildman–Crippen LogP) is 1.06. The van der Waals surface area contributed by atoms with Crippen molar-refractivity contribution in [2.24, 2.45) is 14.1 Å². The Bertz CT molecular complexity index is 457. The molecule has 0 aliphatic carbocycles. The Morgan fingerprint density at radius 1 is 1.38 bits per heavy atom. The Kier molecular flexibility index (Phi) is 3.76. The minimum atomic E-state index is -0.479. The van der Waals surface area contributed by atoms with Gasteiger partial charge in [0.15, 0.2) is 6.33 Å². The molecule has 0 spiro atoms. The van der Waals surface area contributed by atoms with Crippen molar-refractivity contribution in [3.63, 3.8) is 0 Å². The smallest absolute Gasteiger partial charge is 0.342 e. The average molecular weight is 223 g/mol. The standard InChI is InChI=1S/C5H8N2.C4H5N3O2/c1-5-3-7(2)4-6-5;1-6-3-5-2-4(6)7(8)9/h3-4H,1-2H3;2-3H,1H3. The summed E-state index contributed by atoms with van der Waals surface area (Å²) >= 11 is 0. The predicted molar refractivity (Wildman–Crippen MR) is 57.8 cm³/mol. The van der Waals surface area contributed by atoms with E-state index in [-0.39, 0.29) is 5.82 Å². The zero-order valence-electron chi connectivity index (χ0n) is 9.36. The average Bonchev–Trinajstić information content (AvgIpc) is 2.76. The van der Waals surface area contributed by atoms with Gasteiger partial charge < -0.3 is 14.7 Å². The van der Waals surface area contributed by atoms with Crippen molar-refractivity contribution >= 4 is 5.82 Å². The van der Waals surface area contributed by atoms with Gasteiger partial charge in [0.05, 0.1) is 19.1 Å². The van der Waals surface area contributed by atoms with Crippen LogP contribution in [0.1, 0.15) is 5.69 Å². The number of hydrogen-bond acceptors (Lipinski definition) is 4. The molecule has 86 valence electrons. The third kappa shape index (κ3) is 3.19. The second kappa shape index (κ2) is 5.06. The van der Waals surface area contributed by atoms with Crippen molar-refractivity contribution < 1.29 is 4.92 Å². The van der Waals surface area contributed by atoms with Gasteiger partial charge in [-0.1, -0.05) is 0 Å². The molecule has 2 aromatic heterocycles. The second-order valence-corrected chi connectivity index (χ2v) is 3.30. The van der Waals surface area contributed by atoms with E-state index in [2.05, 4.69) is 9.97 Å². The Balaban J connectivity index is 0.000000165. The molecule has 2 heterocycles. The Hall–Kier alpha value is -2.18. The summed E-state index contributed by atoms with van der Waals surface area (Å²) in [5.41, 5.74) is 1.07. The molecule has 0 aliphatic heterocycles. The maximum absolute atomic E-state index is 10.0. The van der Waals surface area contributed by atoms with Crippen molar-refractivity contribution in [2.75, 3.05) is 0 Å². The molecule has 0 radical (unpaired) electrons. The molecule has 7 nitrogen and oxygen atoms in total. The minimum Gasteiger partial charge on any atom is -0.358 e. The van der Waals surface area contributed by atoms with Gasteiger partial charge in [-0.25, -0.2) is 14.5 Å². The van der Waals surface area contributed by atoms with Crippen molar-refractivity contribution in [3.05, 3.63) is 40.9 Å². The summed E-state index contributed by atoms with van der Waals surface area (Å²) in [6.07, 6.45) is 6.35. The van der Waals surface area contributed by atoms with E-state index in [9.17, 15) is 10.1 Å². The highest BCUT2D eigenvalue weighted by Crippen LogP contribution is 2.05. The first kappa shape index (κ1) is 11.9. The lowest BCUT2D eigenvalue weighted by Crippen LogP contribution is -1.94. The third-order valence-corrected chi connectivity index (χ3v) is 1.81. The molecule has 16 heavy (non-hydrogen) atoms. The van der Waals surface area contributed by atoms with Gasteiger partial charge >= 0.3 is 5.82 Å². The zero-order valence-corrected chi connectivity index (χ0v) is 9.36. The van der Waals surface area contributed by atoms with Crippen molar-refractivity contribution in [3.8, 4) is 0 Å². The van der Waals surface area contributed by atoms with Gasteiger partial charge in [0.1, 0.15) is 6.20 Å². The molecular weight excluding hydrogens is 210 g/mol. The van der Waals surface area contributed by atoms with E-state index in [1.165, 1.54) is 17.1 Å². The summed E-state index contributed by atoms with van der Waals surface area (Å²) in [7, 11) is 3.53. The topological polar surface area (TPSA) is 78.8 Å². The van der Waals surface area contributed by atoms with Crippen LogP contribution in [-0.4, -0.2) is 24.0 Å². The number of nitrogens with zero attached hydrogens (tertiary/aromatic N) is 5. The quantitative estimate of drug-likeness (QED) is 0.534. The maximum Gasteiger partial charge on any atom is 0.342 e. The fraction of sp³-hybridized carbons (Fsp3) is 0.333. The lowest BCUT2D eigenvalue weighted by atomic mass is 10.6. The molecule has 0 saturated carbocycles. The number of imidazole rings is 2. The van der Waals surface area contributed by atoms with Gasteiger partial charge in [-0.15, -0.1) is 0 Å². The first-order valence-corrected chi connectivity index (χ1v) is 4.56.